The molecule has 3 nitrogen and oxygen atoms in total. The van der Waals surface area contributed by atoms with Gasteiger partial charge >= 0.3 is 0 Å². The summed E-state index contributed by atoms with van der Waals surface area (Å²) in [4.78, 5) is 8.01. The van der Waals surface area contributed by atoms with Crippen molar-refractivity contribution < 1.29 is 4.74 Å². The van der Waals surface area contributed by atoms with Crippen LogP contribution in [-0.2, 0) is 6.61 Å². The Morgan fingerprint density at radius 2 is 2.13 bits per heavy atom. The van der Waals surface area contributed by atoms with Crippen molar-refractivity contribution in [3.63, 3.8) is 0 Å². The molecule has 76 valence electrons. The lowest BCUT2D eigenvalue weighted by atomic mass is 10.3. The van der Waals surface area contributed by atoms with Gasteiger partial charge in [0.25, 0.3) is 0 Å². The maximum Gasteiger partial charge on any atom is 0.213 e. The van der Waals surface area contributed by atoms with Crippen molar-refractivity contribution >= 4 is 11.6 Å². The highest BCUT2D eigenvalue weighted by Gasteiger charge is 1.96. The van der Waals surface area contributed by atoms with Crippen molar-refractivity contribution in [2.45, 2.75) is 6.61 Å². The molecular formula is C11H9ClN2O. The third-order valence-electron chi connectivity index (χ3n) is 1.81. The quantitative estimate of drug-likeness (QED) is 0.798. The van der Waals surface area contributed by atoms with Crippen LogP contribution in [0, 0.1) is 0 Å². The molecule has 0 aliphatic heterocycles. The first kappa shape index (κ1) is 9.93. The first-order chi connectivity index (χ1) is 7.34. The molecule has 2 aromatic heterocycles. The third kappa shape index (κ3) is 2.92. The minimum atomic E-state index is 0.461. The summed E-state index contributed by atoms with van der Waals surface area (Å²) in [6.07, 6.45) is 5.04. The SMILES string of the molecule is Clc1ccc(OCc2cccnc2)nc1. The second kappa shape index (κ2) is 4.75. The third-order valence-corrected chi connectivity index (χ3v) is 2.03. The number of nitrogens with zero attached hydrogens (tertiary/aromatic N) is 2. The molecule has 2 rings (SSSR count). The molecule has 0 saturated carbocycles. The predicted octanol–water partition coefficient (Wildman–Crippen LogP) is 2.71. The van der Waals surface area contributed by atoms with Crippen LogP contribution in [0.5, 0.6) is 5.88 Å². The van der Waals surface area contributed by atoms with Crippen LogP contribution in [0.1, 0.15) is 5.56 Å². The molecular weight excluding hydrogens is 212 g/mol. The van der Waals surface area contributed by atoms with Gasteiger partial charge in [0, 0.05) is 30.2 Å². The van der Waals surface area contributed by atoms with E-state index < -0.39 is 0 Å². The van der Waals surface area contributed by atoms with Gasteiger partial charge in [-0.05, 0) is 12.1 Å². The molecule has 0 aromatic carbocycles. The summed E-state index contributed by atoms with van der Waals surface area (Å²) in [7, 11) is 0. The van der Waals surface area contributed by atoms with Crippen molar-refractivity contribution in [3.05, 3.63) is 53.4 Å². The van der Waals surface area contributed by atoms with Gasteiger partial charge < -0.3 is 4.74 Å². The van der Waals surface area contributed by atoms with E-state index in [1.54, 1.807) is 30.7 Å². The zero-order chi connectivity index (χ0) is 10.5. The summed E-state index contributed by atoms with van der Waals surface area (Å²) in [5, 5.41) is 0.601. The van der Waals surface area contributed by atoms with Gasteiger partial charge in [0.15, 0.2) is 0 Å². The van der Waals surface area contributed by atoms with E-state index in [4.69, 9.17) is 16.3 Å². The summed E-state index contributed by atoms with van der Waals surface area (Å²) in [6.45, 7) is 0.461. The molecule has 0 radical (unpaired) electrons. The van der Waals surface area contributed by atoms with Gasteiger partial charge in [0.05, 0.1) is 5.02 Å². The number of pyridine rings is 2. The monoisotopic (exact) mass is 220 g/mol. The number of ether oxygens (including phenoxy) is 1. The lowest BCUT2D eigenvalue weighted by molar-refractivity contribution is 0.293. The molecule has 4 heteroatoms. The van der Waals surface area contributed by atoms with Gasteiger partial charge in [-0.3, -0.25) is 4.98 Å². The second-order valence-corrected chi connectivity index (χ2v) is 3.40. The van der Waals surface area contributed by atoms with Gasteiger partial charge in [0.2, 0.25) is 5.88 Å². The van der Waals surface area contributed by atoms with Crippen LogP contribution in [0.4, 0.5) is 0 Å². The first-order valence-electron chi connectivity index (χ1n) is 4.48. The summed E-state index contributed by atoms with van der Waals surface area (Å²) < 4.78 is 5.44. The van der Waals surface area contributed by atoms with Crippen LogP contribution >= 0.6 is 11.6 Å². The van der Waals surface area contributed by atoms with E-state index in [0.29, 0.717) is 17.5 Å². The fourth-order valence-electron chi connectivity index (χ4n) is 1.09. The lowest BCUT2D eigenvalue weighted by Crippen LogP contribution is -1.96. The number of aromatic nitrogens is 2. The van der Waals surface area contributed by atoms with Crippen LogP contribution < -0.4 is 4.74 Å². The maximum absolute atomic E-state index is 5.70. The molecule has 0 spiro atoms. The Labute approximate surface area is 92.7 Å². The molecule has 2 heterocycles. The fourth-order valence-corrected chi connectivity index (χ4v) is 1.20. The summed E-state index contributed by atoms with van der Waals surface area (Å²) in [5.74, 6) is 0.559. The molecule has 0 amide bonds. The Hall–Kier alpha value is -1.61. The molecule has 0 aliphatic rings. The maximum atomic E-state index is 5.70. The lowest BCUT2D eigenvalue weighted by Gasteiger charge is -2.04. The molecule has 0 bridgehead atoms. The predicted molar refractivity (Wildman–Crippen MR) is 57.8 cm³/mol. The number of hydrogen-bond acceptors (Lipinski definition) is 3. The van der Waals surface area contributed by atoms with Gasteiger partial charge in [0.1, 0.15) is 6.61 Å². The van der Waals surface area contributed by atoms with E-state index in [0.717, 1.165) is 5.56 Å². The normalized spacial score (nSPS) is 9.93. The van der Waals surface area contributed by atoms with Gasteiger partial charge in [-0.2, -0.15) is 0 Å². The van der Waals surface area contributed by atoms with E-state index in [1.165, 1.54) is 0 Å². The molecule has 0 N–H and O–H groups in total. The average Bonchev–Trinajstić information content (AvgIpc) is 2.30. The van der Waals surface area contributed by atoms with Crippen molar-refractivity contribution in [1.82, 2.24) is 9.97 Å². The molecule has 0 unspecified atom stereocenters. The van der Waals surface area contributed by atoms with Crippen LogP contribution in [0.25, 0.3) is 0 Å². The van der Waals surface area contributed by atoms with Gasteiger partial charge in [-0.1, -0.05) is 17.7 Å². The molecule has 0 fully saturated rings. The standard InChI is InChI=1S/C11H9ClN2O/c12-10-3-4-11(14-7-10)15-8-9-2-1-5-13-6-9/h1-7H,8H2. The van der Waals surface area contributed by atoms with Crippen molar-refractivity contribution in [2.24, 2.45) is 0 Å². The molecule has 15 heavy (non-hydrogen) atoms. The minimum Gasteiger partial charge on any atom is -0.473 e. The number of halogens is 1. The Bertz CT molecular complexity index is 416. The van der Waals surface area contributed by atoms with Crippen LogP contribution in [0.3, 0.4) is 0 Å². The molecule has 2 aromatic rings. The van der Waals surface area contributed by atoms with E-state index in [2.05, 4.69) is 9.97 Å². The highest BCUT2D eigenvalue weighted by Crippen LogP contribution is 2.12. The van der Waals surface area contributed by atoms with E-state index >= 15 is 0 Å². The van der Waals surface area contributed by atoms with Crippen LogP contribution in [0.2, 0.25) is 5.02 Å². The summed E-state index contributed by atoms with van der Waals surface area (Å²) in [5.41, 5.74) is 1.01. The Morgan fingerprint density at radius 1 is 1.20 bits per heavy atom. The smallest absolute Gasteiger partial charge is 0.213 e. The van der Waals surface area contributed by atoms with Crippen molar-refractivity contribution in [2.75, 3.05) is 0 Å². The number of hydrogen-bond donors (Lipinski definition) is 0. The first-order valence-corrected chi connectivity index (χ1v) is 4.85. The highest BCUT2D eigenvalue weighted by atomic mass is 35.5. The van der Waals surface area contributed by atoms with Crippen LogP contribution in [0.15, 0.2) is 42.9 Å². The zero-order valence-electron chi connectivity index (χ0n) is 7.93. The molecule has 0 saturated heterocycles. The highest BCUT2D eigenvalue weighted by molar-refractivity contribution is 6.30. The van der Waals surface area contributed by atoms with Crippen molar-refractivity contribution in [3.8, 4) is 5.88 Å². The fraction of sp³-hybridized carbons (Fsp3) is 0.0909. The van der Waals surface area contributed by atoms with Crippen LogP contribution in [-0.4, -0.2) is 9.97 Å². The minimum absolute atomic E-state index is 0.461. The van der Waals surface area contributed by atoms with Gasteiger partial charge in [-0.15, -0.1) is 0 Å². The Kier molecular flexibility index (Phi) is 3.15. The molecule has 0 aliphatic carbocycles. The Balaban J connectivity index is 1.96. The summed E-state index contributed by atoms with van der Waals surface area (Å²) >= 11 is 5.70. The van der Waals surface area contributed by atoms with Gasteiger partial charge in [-0.25, -0.2) is 4.98 Å². The molecule has 0 atom stereocenters. The topological polar surface area (TPSA) is 35.0 Å². The van der Waals surface area contributed by atoms with Crippen molar-refractivity contribution in [1.29, 1.82) is 0 Å². The largest absolute Gasteiger partial charge is 0.473 e. The second-order valence-electron chi connectivity index (χ2n) is 2.96. The average molecular weight is 221 g/mol. The van der Waals surface area contributed by atoms with E-state index in [-0.39, 0.29) is 0 Å². The van der Waals surface area contributed by atoms with E-state index in [9.17, 15) is 0 Å². The summed E-state index contributed by atoms with van der Waals surface area (Å²) in [6, 6.07) is 7.29. The zero-order valence-corrected chi connectivity index (χ0v) is 8.69. The Morgan fingerprint density at radius 3 is 2.80 bits per heavy atom. The number of rotatable bonds is 3. The van der Waals surface area contributed by atoms with E-state index in [1.807, 2.05) is 12.1 Å².